The van der Waals surface area contributed by atoms with Gasteiger partial charge >= 0.3 is 0 Å². The lowest BCUT2D eigenvalue weighted by Crippen LogP contribution is -1.95. The number of hydrogen-bond acceptors (Lipinski definition) is 2. The van der Waals surface area contributed by atoms with Crippen molar-refractivity contribution in [3.05, 3.63) is 82.0 Å². The number of halogens is 2. The first kappa shape index (κ1) is 14.8. The molecule has 2 nitrogen and oxygen atoms in total. The van der Waals surface area contributed by atoms with E-state index in [1.54, 1.807) is 30.5 Å². The third-order valence-corrected chi connectivity index (χ3v) is 3.80. The maximum atomic E-state index is 12.2. The highest BCUT2D eigenvalue weighted by molar-refractivity contribution is 6.36. The summed E-state index contributed by atoms with van der Waals surface area (Å²) < 4.78 is 0. The van der Waals surface area contributed by atoms with Gasteiger partial charge in [-0.1, -0.05) is 41.4 Å². The van der Waals surface area contributed by atoms with Gasteiger partial charge in [-0.15, -0.1) is 0 Å². The van der Waals surface area contributed by atoms with Crippen molar-refractivity contribution in [3.8, 4) is 0 Å². The van der Waals surface area contributed by atoms with Crippen LogP contribution in [0.4, 0.5) is 0 Å². The zero-order valence-electron chi connectivity index (χ0n) is 11.5. The van der Waals surface area contributed by atoms with Crippen molar-refractivity contribution in [1.82, 2.24) is 4.98 Å². The minimum absolute atomic E-state index is 0.194. The van der Waals surface area contributed by atoms with Crippen LogP contribution in [-0.2, 0) is 0 Å². The molecule has 0 radical (unpaired) electrons. The van der Waals surface area contributed by atoms with Crippen LogP contribution in [-0.4, -0.2) is 10.8 Å². The van der Waals surface area contributed by atoms with Gasteiger partial charge in [0.15, 0.2) is 5.78 Å². The van der Waals surface area contributed by atoms with Crippen LogP contribution in [0.2, 0.25) is 10.0 Å². The number of allylic oxidation sites excluding steroid dienone is 1. The molecule has 0 aliphatic rings. The highest BCUT2D eigenvalue weighted by Crippen LogP contribution is 2.22. The molecule has 0 aliphatic heterocycles. The molecule has 0 atom stereocenters. The van der Waals surface area contributed by atoms with Crippen LogP contribution in [0, 0.1) is 0 Å². The van der Waals surface area contributed by atoms with Gasteiger partial charge in [0.25, 0.3) is 0 Å². The first-order chi connectivity index (χ1) is 10.6. The highest BCUT2D eigenvalue weighted by Gasteiger charge is 2.08. The SMILES string of the molecule is O=C(/C=C/c1cnc2ccccc2c1)c1cc(Cl)ccc1Cl. The van der Waals surface area contributed by atoms with Crippen LogP contribution in [0.15, 0.2) is 60.8 Å². The second kappa shape index (κ2) is 6.30. The molecular weight excluding hydrogens is 317 g/mol. The third kappa shape index (κ3) is 3.19. The Bertz CT molecular complexity index is 887. The molecule has 0 fully saturated rings. The van der Waals surface area contributed by atoms with E-state index in [0.29, 0.717) is 15.6 Å². The lowest BCUT2D eigenvalue weighted by molar-refractivity contribution is 0.104. The standard InChI is InChI=1S/C18H11Cl2NO/c19-14-6-7-16(20)15(10-14)18(22)8-5-12-9-13-3-1-2-4-17(13)21-11-12/h1-11H/b8-5+. The fourth-order valence-electron chi connectivity index (χ4n) is 2.13. The summed E-state index contributed by atoms with van der Waals surface area (Å²) in [6, 6.07) is 14.6. The van der Waals surface area contributed by atoms with Crippen molar-refractivity contribution in [2.24, 2.45) is 0 Å². The van der Waals surface area contributed by atoms with E-state index in [4.69, 9.17) is 23.2 Å². The van der Waals surface area contributed by atoms with E-state index in [2.05, 4.69) is 4.98 Å². The van der Waals surface area contributed by atoms with Crippen molar-refractivity contribution < 1.29 is 4.79 Å². The predicted molar refractivity (Wildman–Crippen MR) is 91.6 cm³/mol. The number of rotatable bonds is 3. The second-order valence-electron chi connectivity index (χ2n) is 4.78. The van der Waals surface area contributed by atoms with E-state index in [9.17, 15) is 4.79 Å². The maximum absolute atomic E-state index is 12.2. The Balaban J connectivity index is 1.88. The number of para-hydroxylation sites is 1. The van der Waals surface area contributed by atoms with Crippen molar-refractivity contribution >= 4 is 46.0 Å². The molecule has 3 aromatic rings. The minimum atomic E-state index is -0.194. The molecular formula is C18H11Cl2NO. The number of pyridine rings is 1. The van der Waals surface area contributed by atoms with E-state index < -0.39 is 0 Å². The molecule has 0 aliphatic carbocycles. The number of aromatic nitrogens is 1. The Morgan fingerprint density at radius 2 is 1.86 bits per heavy atom. The van der Waals surface area contributed by atoms with Gasteiger partial charge in [-0.3, -0.25) is 9.78 Å². The van der Waals surface area contributed by atoms with Crippen LogP contribution in [0.5, 0.6) is 0 Å². The van der Waals surface area contributed by atoms with Gasteiger partial charge < -0.3 is 0 Å². The Morgan fingerprint density at radius 3 is 2.73 bits per heavy atom. The van der Waals surface area contributed by atoms with Crippen LogP contribution < -0.4 is 0 Å². The normalized spacial score (nSPS) is 11.2. The lowest BCUT2D eigenvalue weighted by Gasteiger charge is -2.01. The van der Waals surface area contributed by atoms with Gasteiger partial charge in [-0.2, -0.15) is 0 Å². The molecule has 0 unspecified atom stereocenters. The number of carbonyl (C=O) groups excluding carboxylic acids is 1. The molecule has 0 N–H and O–H groups in total. The Labute approximate surface area is 138 Å². The summed E-state index contributed by atoms with van der Waals surface area (Å²) >= 11 is 11.9. The summed E-state index contributed by atoms with van der Waals surface area (Å²) in [7, 11) is 0. The summed E-state index contributed by atoms with van der Waals surface area (Å²) in [6.07, 6.45) is 4.92. The van der Waals surface area contributed by atoms with E-state index in [-0.39, 0.29) is 5.78 Å². The number of fused-ring (bicyclic) bond motifs is 1. The molecule has 0 saturated carbocycles. The number of ketones is 1. The summed E-state index contributed by atoms with van der Waals surface area (Å²) in [4.78, 5) is 16.6. The van der Waals surface area contributed by atoms with Crippen LogP contribution in [0.3, 0.4) is 0 Å². The molecule has 1 heterocycles. The second-order valence-corrected chi connectivity index (χ2v) is 5.63. The van der Waals surface area contributed by atoms with Gasteiger partial charge in [-0.05, 0) is 48.0 Å². The summed E-state index contributed by atoms with van der Waals surface area (Å²) in [5.74, 6) is -0.194. The number of nitrogens with zero attached hydrogens (tertiary/aromatic N) is 1. The van der Waals surface area contributed by atoms with Crippen LogP contribution >= 0.6 is 23.2 Å². The fourth-order valence-corrected chi connectivity index (χ4v) is 2.51. The van der Waals surface area contributed by atoms with Crippen molar-refractivity contribution in [2.75, 3.05) is 0 Å². The monoisotopic (exact) mass is 327 g/mol. The molecule has 0 bridgehead atoms. The van der Waals surface area contributed by atoms with Crippen molar-refractivity contribution in [2.45, 2.75) is 0 Å². The predicted octanol–water partition coefficient (Wildman–Crippen LogP) is 5.44. The molecule has 22 heavy (non-hydrogen) atoms. The molecule has 3 rings (SSSR count). The fraction of sp³-hybridized carbons (Fsp3) is 0. The smallest absolute Gasteiger partial charge is 0.187 e. The summed E-state index contributed by atoms with van der Waals surface area (Å²) in [5.41, 5.74) is 2.16. The van der Waals surface area contributed by atoms with Gasteiger partial charge in [0.1, 0.15) is 0 Å². The zero-order chi connectivity index (χ0) is 15.5. The van der Waals surface area contributed by atoms with E-state index in [1.165, 1.54) is 6.08 Å². The maximum Gasteiger partial charge on any atom is 0.187 e. The molecule has 1 aromatic heterocycles. The first-order valence-electron chi connectivity index (χ1n) is 6.66. The highest BCUT2D eigenvalue weighted by atomic mass is 35.5. The van der Waals surface area contributed by atoms with Crippen molar-refractivity contribution in [3.63, 3.8) is 0 Å². The van der Waals surface area contributed by atoms with E-state index in [0.717, 1.165) is 16.5 Å². The molecule has 2 aromatic carbocycles. The first-order valence-corrected chi connectivity index (χ1v) is 7.41. The van der Waals surface area contributed by atoms with Gasteiger partial charge in [-0.25, -0.2) is 0 Å². The molecule has 0 saturated heterocycles. The zero-order valence-corrected chi connectivity index (χ0v) is 13.0. The van der Waals surface area contributed by atoms with Gasteiger partial charge in [0.05, 0.1) is 10.5 Å². The number of hydrogen-bond donors (Lipinski definition) is 0. The summed E-state index contributed by atoms with van der Waals surface area (Å²) in [6.45, 7) is 0. The molecule has 0 amide bonds. The molecule has 0 spiro atoms. The number of carbonyl (C=O) groups is 1. The third-order valence-electron chi connectivity index (χ3n) is 3.23. The number of benzene rings is 2. The molecule has 4 heteroatoms. The lowest BCUT2D eigenvalue weighted by atomic mass is 10.1. The quantitative estimate of drug-likeness (QED) is 0.473. The van der Waals surface area contributed by atoms with Gasteiger partial charge in [0, 0.05) is 22.2 Å². The average molecular weight is 328 g/mol. The topological polar surface area (TPSA) is 30.0 Å². The Kier molecular flexibility index (Phi) is 4.23. The molecule has 108 valence electrons. The van der Waals surface area contributed by atoms with E-state index >= 15 is 0 Å². The van der Waals surface area contributed by atoms with E-state index in [1.807, 2.05) is 30.3 Å². The van der Waals surface area contributed by atoms with Gasteiger partial charge in [0.2, 0.25) is 0 Å². The minimum Gasteiger partial charge on any atom is -0.289 e. The Morgan fingerprint density at radius 1 is 1.05 bits per heavy atom. The van der Waals surface area contributed by atoms with Crippen LogP contribution in [0.1, 0.15) is 15.9 Å². The van der Waals surface area contributed by atoms with Crippen LogP contribution in [0.25, 0.3) is 17.0 Å². The Hall–Kier alpha value is -2.16. The summed E-state index contributed by atoms with van der Waals surface area (Å²) in [5, 5.41) is 1.89. The van der Waals surface area contributed by atoms with Crippen molar-refractivity contribution in [1.29, 1.82) is 0 Å². The largest absolute Gasteiger partial charge is 0.289 e. The average Bonchev–Trinajstić information content (AvgIpc) is 2.54.